The minimum atomic E-state index is -0.0571. The van der Waals surface area contributed by atoms with Crippen LogP contribution in [0.25, 0.3) is 0 Å². The standard InChI is InChI=1S/C17H21N3O3/c1-22-15-4-6-16(7-5-15)23-10-9-19-13-17(21)20-12-14-3-2-8-18-11-14/h2-8,11,19H,9-10,12-13H2,1H3,(H,20,21). The molecule has 2 rings (SSSR count). The van der Waals surface area contributed by atoms with Gasteiger partial charge in [-0.25, -0.2) is 0 Å². The molecule has 2 N–H and O–H groups in total. The lowest BCUT2D eigenvalue weighted by molar-refractivity contribution is -0.120. The Hall–Kier alpha value is -2.60. The van der Waals surface area contributed by atoms with Crippen LogP contribution >= 0.6 is 0 Å². The number of carbonyl (C=O) groups is 1. The van der Waals surface area contributed by atoms with Crippen LogP contribution < -0.4 is 20.1 Å². The summed E-state index contributed by atoms with van der Waals surface area (Å²) in [6.07, 6.45) is 3.44. The molecular formula is C17H21N3O3. The molecule has 1 amide bonds. The van der Waals surface area contributed by atoms with Crippen molar-refractivity contribution in [2.24, 2.45) is 0 Å². The molecule has 122 valence electrons. The molecule has 23 heavy (non-hydrogen) atoms. The summed E-state index contributed by atoms with van der Waals surface area (Å²) in [5, 5.41) is 5.86. The number of pyridine rings is 1. The number of rotatable bonds is 9. The first-order chi connectivity index (χ1) is 11.3. The van der Waals surface area contributed by atoms with Gasteiger partial charge in [-0.15, -0.1) is 0 Å². The number of nitrogens with zero attached hydrogens (tertiary/aromatic N) is 1. The Morgan fingerprint density at radius 3 is 2.65 bits per heavy atom. The van der Waals surface area contributed by atoms with Crippen molar-refractivity contribution in [2.45, 2.75) is 6.54 Å². The number of hydrogen-bond acceptors (Lipinski definition) is 5. The van der Waals surface area contributed by atoms with Crippen LogP contribution in [0.2, 0.25) is 0 Å². The largest absolute Gasteiger partial charge is 0.497 e. The zero-order chi connectivity index (χ0) is 16.3. The van der Waals surface area contributed by atoms with Crippen molar-refractivity contribution in [1.82, 2.24) is 15.6 Å². The SMILES string of the molecule is COc1ccc(OCCNCC(=O)NCc2cccnc2)cc1. The van der Waals surface area contributed by atoms with E-state index in [0.717, 1.165) is 17.1 Å². The molecule has 2 aromatic rings. The van der Waals surface area contributed by atoms with Crippen LogP contribution in [0.4, 0.5) is 0 Å². The van der Waals surface area contributed by atoms with E-state index in [1.54, 1.807) is 19.5 Å². The highest BCUT2D eigenvalue weighted by Crippen LogP contribution is 2.16. The van der Waals surface area contributed by atoms with Crippen LogP contribution in [0.1, 0.15) is 5.56 Å². The molecule has 6 heteroatoms. The second-order valence-electron chi connectivity index (χ2n) is 4.84. The zero-order valence-corrected chi connectivity index (χ0v) is 13.1. The first kappa shape index (κ1) is 16.8. The average molecular weight is 315 g/mol. The number of hydrogen-bond donors (Lipinski definition) is 2. The van der Waals surface area contributed by atoms with Crippen molar-refractivity contribution in [3.8, 4) is 11.5 Å². The van der Waals surface area contributed by atoms with Gasteiger partial charge in [0.2, 0.25) is 5.91 Å². The summed E-state index contributed by atoms with van der Waals surface area (Å²) in [6.45, 7) is 1.82. The predicted molar refractivity (Wildman–Crippen MR) is 87.4 cm³/mol. The molecule has 1 heterocycles. The zero-order valence-electron chi connectivity index (χ0n) is 13.1. The molecule has 0 spiro atoms. The first-order valence-corrected chi connectivity index (χ1v) is 7.41. The Labute approximate surface area is 135 Å². The Kier molecular flexibility index (Phi) is 6.87. The third kappa shape index (κ3) is 6.36. The van der Waals surface area contributed by atoms with E-state index in [0.29, 0.717) is 19.7 Å². The first-order valence-electron chi connectivity index (χ1n) is 7.41. The van der Waals surface area contributed by atoms with Crippen LogP contribution in [0, 0.1) is 0 Å². The van der Waals surface area contributed by atoms with E-state index in [4.69, 9.17) is 9.47 Å². The summed E-state index contributed by atoms with van der Waals surface area (Å²) < 4.78 is 10.6. The van der Waals surface area contributed by atoms with Gasteiger partial charge in [0.25, 0.3) is 0 Å². The molecule has 1 aromatic heterocycles. The topological polar surface area (TPSA) is 72.5 Å². The van der Waals surface area contributed by atoms with Crippen LogP contribution in [-0.2, 0) is 11.3 Å². The number of ether oxygens (including phenoxy) is 2. The molecule has 0 unspecified atom stereocenters. The smallest absolute Gasteiger partial charge is 0.234 e. The van der Waals surface area contributed by atoms with Gasteiger partial charge in [-0.3, -0.25) is 9.78 Å². The Morgan fingerprint density at radius 1 is 1.17 bits per heavy atom. The third-order valence-corrected chi connectivity index (χ3v) is 3.11. The van der Waals surface area contributed by atoms with Crippen molar-refractivity contribution in [3.63, 3.8) is 0 Å². The number of nitrogens with one attached hydrogen (secondary N) is 2. The fraction of sp³-hybridized carbons (Fsp3) is 0.294. The lowest BCUT2D eigenvalue weighted by atomic mass is 10.3. The molecular weight excluding hydrogens is 294 g/mol. The van der Waals surface area contributed by atoms with Gasteiger partial charge in [-0.1, -0.05) is 6.07 Å². The summed E-state index contributed by atoms with van der Waals surface area (Å²) in [7, 11) is 1.62. The molecule has 0 fully saturated rings. The lowest BCUT2D eigenvalue weighted by Gasteiger charge is -2.09. The van der Waals surface area contributed by atoms with Crippen molar-refractivity contribution in [1.29, 1.82) is 0 Å². The van der Waals surface area contributed by atoms with Gasteiger partial charge >= 0.3 is 0 Å². The Bertz CT molecular complexity index is 588. The third-order valence-electron chi connectivity index (χ3n) is 3.11. The monoisotopic (exact) mass is 315 g/mol. The maximum absolute atomic E-state index is 11.7. The number of methoxy groups -OCH3 is 1. The molecule has 0 saturated carbocycles. The molecule has 0 aliphatic heterocycles. The van der Waals surface area contributed by atoms with Crippen LogP contribution in [0.15, 0.2) is 48.8 Å². The minimum absolute atomic E-state index is 0.0571. The quantitative estimate of drug-likeness (QED) is 0.684. The Balaban J connectivity index is 1.55. The highest BCUT2D eigenvalue weighted by Gasteiger charge is 2.01. The second-order valence-corrected chi connectivity index (χ2v) is 4.84. The number of carbonyl (C=O) groups excluding carboxylic acids is 1. The maximum atomic E-state index is 11.7. The summed E-state index contributed by atoms with van der Waals surface area (Å²) in [5.74, 6) is 1.51. The van der Waals surface area contributed by atoms with Gasteiger partial charge in [-0.2, -0.15) is 0 Å². The van der Waals surface area contributed by atoms with Crippen molar-refractivity contribution >= 4 is 5.91 Å². The van der Waals surface area contributed by atoms with E-state index in [1.807, 2.05) is 36.4 Å². The predicted octanol–water partition coefficient (Wildman–Crippen LogP) is 1.37. The van der Waals surface area contributed by atoms with E-state index in [1.165, 1.54) is 0 Å². The number of benzene rings is 1. The van der Waals surface area contributed by atoms with Gasteiger partial charge in [0.1, 0.15) is 18.1 Å². The van der Waals surface area contributed by atoms with E-state index in [9.17, 15) is 4.79 Å². The van der Waals surface area contributed by atoms with Gasteiger partial charge < -0.3 is 20.1 Å². The van der Waals surface area contributed by atoms with Gasteiger partial charge in [0, 0.05) is 25.5 Å². The molecule has 0 atom stereocenters. The van der Waals surface area contributed by atoms with Crippen molar-refractivity contribution in [2.75, 3.05) is 26.8 Å². The summed E-state index contributed by atoms with van der Waals surface area (Å²) in [5.41, 5.74) is 0.976. The van der Waals surface area contributed by atoms with Crippen LogP contribution in [-0.4, -0.2) is 37.7 Å². The molecule has 0 bridgehead atoms. The highest BCUT2D eigenvalue weighted by molar-refractivity contribution is 5.77. The molecule has 0 aliphatic carbocycles. The van der Waals surface area contributed by atoms with E-state index in [-0.39, 0.29) is 12.5 Å². The highest BCUT2D eigenvalue weighted by atomic mass is 16.5. The average Bonchev–Trinajstić information content (AvgIpc) is 2.61. The molecule has 0 saturated heterocycles. The second kappa shape index (κ2) is 9.42. The van der Waals surface area contributed by atoms with E-state index in [2.05, 4.69) is 15.6 Å². The summed E-state index contributed by atoms with van der Waals surface area (Å²) in [4.78, 5) is 15.7. The Morgan fingerprint density at radius 2 is 1.96 bits per heavy atom. The maximum Gasteiger partial charge on any atom is 0.234 e. The number of aromatic nitrogens is 1. The summed E-state index contributed by atoms with van der Waals surface area (Å²) in [6, 6.07) is 11.1. The summed E-state index contributed by atoms with van der Waals surface area (Å²) >= 11 is 0. The normalized spacial score (nSPS) is 10.1. The fourth-order valence-electron chi connectivity index (χ4n) is 1.88. The number of amides is 1. The van der Waals surface area contributed by atoms with Gasteiger partial charge in [0.05, 0.1) is 13.7 Å². The fourth-order valence-corrected chi connectivity index (χ4v) is 1.88. The molecule has 1 aromatic carbocycles. The van der Waals surface area contributed by atoms with Gasteiger partial charge in [0.15, 0.2) is 0 Å². The van der Waals surface area contributed by atoms with Crippen LogP contribution in [0.3, 0.4) is 0 Å². The van der Waals surface area contributed by atoms with Crippen molar-refractivity contribution in [3.05, 3.63) is 54.4 Å². The molecule has 0 radical (unpaired) electrons. The van der Waals surface area contributed by atoms with Gasteiger partial charge in [-0.05, 0) is 35.9 Å². The van der Waals surface area contributed by atoms with E-state index >= 15 is 0 Å². The minimum Gasteiger partial charge on any atom is -0.497 e. The lowest BCUT2D eigenvalue weighted by Crippen LogP contribution is -2.35. The molecule has 0 aliphatic rings. The molecule has 6 nitrogen and oxygen atoms in total. The van der Waals surface area contributed by atoms with E-state index < -0.39 is 0 Å². The van der Waals surface area contributed by atoms with Crippen LogP contribution in [0.5, 0.6) is 11.5 Å². The van der Waals surface area contributed by atoms with Crippen molar-refractivity contribution < 1.29 is 14.3 Å².